The van der Waals surface area contributed by atoms with Crippen LogP contribution in [0.3, 0.4) is 0 Å². The maximum absolute atomic E-state index is 13.2. The molecule has 1 heterocycles. The quantitative estimate of drug-likeness (QED) is 0.677. The molecule has 1 aromatic rings. The Bertz CT molecular complexity index is 745. The standard InChI is InChI=1S/C22H33N3O4.ClH/c1-14(26)24-19-10-17-12-25(13-18(17)11-21(19)29-3)22(27)16-6-7-20(28-2)15(9-16)5-4-8-23;/h6-7,9,17-19,21H,4-5,8,10-13,23H2,1-3H3,(H,24,26);1H/t17-,18+,19-,21-;/m1./s1. The van der Waals surface area contributed by atoms with Gasteiger partial charge in [0.25, 0.3) is 5.91 Å². The van der Waals surface area contributed by atoms with Crippen molar-refractivity contribution in [3.05, 3.63) is 29.3 Å². The first-order valence-electron chi connectivity index (χ1n) is 10.4. The Morgan fingerprint density at radius 3 is 2.50 bits per heavy atom. The Hall–Kier alpha value is -1.83. The van der Waals surface area contributed by atoms with E-state index in [1.54, 1.807) is 14.2 Å². The lowest BCUT2D eigenvalue weighted by Crippen LogP contribution is -2.49. The molecule has 168 valence electrons. The van der Waals surface area contributed by atoms with Crippen molar-refractivity contribution in [1.29, 1.82) is 0 Å². The second-order valence-corrected chi connectivity index (χ2v) is 8.20. The molecule has 2 amide bonds. The highest BCUT2D eigenvalue weighted by atomic mass is 35.5. The summed E-state index contributed by atoms with van der Waals surface area (Å²) in [5, 5.41) is 3.02. The average molecular weight is 440 g/mol. The summed E-state index contributed by atoms with van der Waals surface area (Å²) in [7, 11) is 3.34. The van der Waals surface area contributed by atoms with E-state index in [1.807, 2.05) is 23.1 Å². The molecule has 3 rings (SSSR count). The number of halogens is 1. The van der Waals surface area contributed by atoms with Gasteiger partial charge in [-0.1, -0.05) is 0 Å². The molecule has 1 saturated heterocycles. The van der Waals surface area contributed by atoms with Gasteiger partial charge in [-0.15, -0.1) is 12.4 Å². The maximum atomic E-state index is 13.2. The number of carbonyl (C=O) groups excluding carboxylic acids is 2. The SMILES string of the molecule is COc1ccc(C(=O)N2C[C@H]3C[C@@H](NC(C)=O)[C@H](OC)C[C@H]3C2)cc1CCCN.Cl. The van der Waals surface area contributed by atoms with E-state index in [2.05, 4.69) is 5.32 Å². The molecule has 0 spiro atoms. The molecule has 1 saturated carbocycles. The number of hydrogen-bond donors (Lipinski definition) is 2. The van der Waals surface area contributed by atoms with Gasteiger partial charge in [0.05, 0.1) is 19.3 Å². The van der Waals surface area contributed by atoms with Gasteiger partial charge in [0.2, 0.25) is 5.91 Å². The van der Waals surface area contributed by atoms with Crippen LogP contribution < -0.4 is 15.8 Å². The van der Waals surface area contributed by atoms with E-state index < -0.39 is 0 Å². The summed E-state index contributed by atoms with van der Waals surface area (Å²) in [5.74, 6) is 1.61. The Balaban J connectivity index is 0.00000320. The van der Waals surface area contributed by atoms with Gasteiger partial charge >= 0.3 is 0 Å². The summed E-state index contributed by atoms with van der Waals surface area (Å²) in [6.45, 7) is 3.60. The third-order valence-corrected chi connectivity index (χ3v) is 6.27. The predicted molar refractivity (Wildman–Crippen MR) is 118 cm³/mol. The fourth-order valence-corrected chi connectivity index (χ4v) is 4.83. The summed E-state index contributed by atoms with van der Waals surface area (Å²) < 4.78 is 11.1. The first kappa shape index (κ1) is 24.4. The zero-order valence-corrected chi connectivity index (χ0v) is 18.9. The lowest BCUT2D eigenvalue weighted by Gasteiger charge is -2.37. The molecule has 2 aliphatic rings. The molecule has 4 atom stereocenters. The van der Waals surface area contributed by atoms with Crippen LogP contribution in [0.1, 0.15) is 42.1 Å². The fourth-order valence-electron chi connectivity index (χ4n) is 4.83. The minimum Gasteiger partial charge on any atom is -0.496 e. The molecule has 1 aliphatic heterocycles. The minimum atomic E-state index is -0.0373. The summed E-state index contributed by atoms with van der Waals surface area (Å²) >= 11 is 0. The van der Waals surface area contributed by atoms with Gasteiger partial charge < -0.3 is 25.4 Å². The molecule has 2 fully saturated rings. The van der Waals surface area contributed by atoms with Gasteiger partial charge in [0, 0.05) is 32.7 Å². The van der Waals surface area contributed by atoms with Crippen molar-refractivity contribution in [2.24, 2.45) is 17.6 Å². The third-order valence-electron chi connectivity index (χ3n) is 6.27. The van der Waals surface area contributed by atoms with Crippen LogP contribution in [0.2, 0.25) is 0 Å². The van der Waals surface area contributed by atoms with Gasteiger partial charge in [0.15, 0.2) is 0 Å². The second kappa shape index (κ2) is 11.0. The Morgan fingerprint density at radius 1 is 1.20 bits per heavy atom. The highest BCUT2D eigenvalue weighted by Crippen LogP contribution is 2.38. The molecule has 7 nitrogen and oxygen atoms in total. The first-order chi connectivity index (χ1) is 14.0. The number of carbonyl (C=O) groups is 2. The topological polar surface area (TPSA) is 93.9 Å². The molecule has 30 heavy (non-hydrogen) atoms. The van der Waals surface area contributed by atoms with Crippen molar-refractivity contribution in [3.63, 3.8) is 0 Å². The van der Waals surface area contributed by atoms with E-state index in [9.17, 15) is 9.59 Å². The molecular formula is C22H34ClN3O4. The van der Waals surface area contributed by atoms with Crippen molar-refractivity contribution in [3.8, 4) is 5.75 Å². The number of benzene rings is 1. The first-order valence-corrected chi connectivity index (χ1v) is 10.4. The van der Waals surface area contributed by atoms with Crippen molar-refractivity contribution < 1.29 is 19.1 Å². The normalized spacial score (nSPS) is 25.3. The number of nitrogens with one attached hydrogen (secondary N) is 1. The van der Waals surface area contributed by atoms with Gasteiger partial charge in [-0.2, -0.15) is 0 Å². The van der Waals surface area contributed by atoms with E-state index in [-0.39, 0.29) is 36.4 Å². The van der Waals surface area contributed by atoms with Gasteiger partial charge in [-0.05, 0) is 67.8 Å². The average Bonchev–Trinajstić information content (AvgIpc) is 3.13. The largest absolute Gasteiger partial charge is 0.496 e. The zero-order chi connectivity index (χ0) is 21.0. The lowest BCUT2D eigenvalue weighted by molar-refractivity contribution is -0.121. The molecule has 1 aliphatic carbocycles. The predicted octanol–water partition coefficient (Wildman–Crippen LogP) is 2.01. The van der Waals surface area contributed by atoms with Gasteiger partial charge in [0.1, 0.15) is 5.75 Å². The Labute approximate surface area is 185 Å². The van der Waals surface area contributed by atoms with Crippen LogP contribution in [-0.2, 0) is 16.0 Å². The number of fused-ring (bicyclic) bond motifs is 1. The fraction of sp³-hybridized carbons (Fsp3) is 0.636. The molecule has 1 aromatic carbocycles. The van der Waals surface area contributed by atoms with Crippen molar-refractivity contribution in [2.75, 3.05) is 33.9 Å². The van der Waals surface area contributed by atoms with E-state index in [0.717, 1.165) is 50.1 Å². The minimum absolute atomic E-state index is 0. The smallest absolute Gasteiger partial charge is 0.253 e. The van der Waals surface area contributed by atoms with E-state index in [4.69, 9.17) is 15.2 Å². The van der Waals surface area contributed by atoms with Crippen LogP contribution in [0.5, 0.6) is 5.75 Å². The van der Waals surface area contributed by atoms with E-state index in [1.165, 1.54) is 6.92 Å². The van der Waals surface area contributed by atoms with Gasteiger partial charge in [-0.25, -0.2) is 0 Å². The number of amides is 2. The van der Waals surface area contributed by atoms with E-state index in [0.29, 0.717) is 23.9 Å². The third kappa shape index (κ3) is 5.45. The number of methoxy groups -OCH3 is 2. The summed E-state index contributed by atoms with van der Waals surface area (Å²) in [6.07, 6.45) is 3.35. The van der Waals surface area contributed by atoms with E-state index >= 15 is 0 Å². The molecule has 3 N–H and O–H groups in total. The number of ether oxygens (including phenoxy) is 2. The molecule has 0 unspecified atom stereocenters. The maximum Gasteiger partial charge on any atom is 0.253 e. The van der Waals surface area contributed by atoms with Crippen molar-refractivity contribution in [1.82, 2.24) is 10.2 Å². The van der Waals surface area contributed by atoms with Crippen LogP contribution in [0.25, 0.3) is 0 Å². The number of hydrogen-bond acceptors (Lipinski definition) is 5. The van der Waals surface area contributed by atoms with Gasteiger partial charge in [-0.3, -0.25) is 9.59 Å². The summed E-state index contributed by atoms with van der Waals surface area (Å²) in [6, 6.07) is 5.66. The number of nitrogens with two attached hydrogens (primary N) is 1. The highest BCUT2D eigenvalue weighted by Gasteiger charge is 2.44. The second-order valence-electron chi connectivity index (χ2n) is 8.20. The molecule has 8 heteroatoms. The summed E-state index contributed by atoms with van der Waals surface area (Å²) in [5.41, 5.74) is 7.36. The molecule has 0 radical (unpaired) electrons. The van der Waals surface area contributed by atoms with Crippen LogP contribution in [0, 0.1) is 11.8 Å². The Kier molecular flexibility index (Phi) is 8.94. The van der Waals surface area contributed by atoms with Crippen LogP contribution in [0.4, 0.5) is 0 Å². The number of nitrogens with zero attached hydrogens (tertiary/aromatic N) is 1. The number of likely N-dealkylation sites (tertiary alicyclic amines) is 1. The summed E-state index contributed by atoms with van der Waals surface area (Å²) in [4.78, 5) is 26.7. The number of rotatable bonds is 7. The van der Waals surface area contributed by atoms with Crippen LogP contribution in [0.15, 0.2) is 18.2 Å². The number of aryl methyl sites for hydroxylation is 1. The molecular weight excluding hydrogens is 406 g/mol. The van der Waals surface area contributed by atoms with Crippen molar-refractivity contribution >= 4 is 24.2 Å². The molecule has 0 aromatic heterocycles. The van der Waals surface area contributed by atoms with Crippen LogP contribution >= 0.6 is 12.4 Å². The lowest BCUT2D eigenvalue weighted by atomic mass is 9.77. The van der Waals surface area contributed by atoms with Crippen LogP contribution in [-0.4, -0.2) is 62.7 Å². The highest BCUT2D eigenvalue weighted by molar-refractivity contribution is 5.94. The monoisotopic (exact) mass is 439 g/mol. The molecule has 0 bridgehead atoms. The Morgan fingerprint density at radius 2 is 1.90 bits per heavy atom. The zero-order valence-electron chi connectivity index (χ0n) is 18.1. The van der Waals surface area contributed by atoms with Crippen molar-refractivity contribution in [2.45, 2.75) is 44.8 Å².